The van der Waals surface area contributed by atoms with Gasteiger partial charge in [0.15, 0.2) is 5.82 Å². The molecule has 3 heterocycles. The van der Waals surface area contributed by atoms with Crippen LogP contribution in [0.3, 0.4) is 0 Å². The zero-order chi connectivity index (χ0) is 17.6. The Morgan fingerprint density at radius 2 is 1.96 bits per heavy atom. The van der Waals surface area contributed by atoms with Gasteiger partial charge in [-0.1, -0.05) is 30.3 Å². The van der Waals surface area contributed by atoms with Gasteiger partial charge in [0.05, 0.1) is 12.6 Å². The Labute approximate surface area is 142 Å². The van der Waals surface area contributed by atoms with Crippen molar-refractivity contribution in [3.05, 3.63) is 52.5 Å². The second-order valence-electron chi connectivity index (χ2n) is 5.96. The Kier molecular flexibility index (Phi) is 3.48. The third-order valence-electron chi connectivity index (χ3n) is 4.36. The summed E-state index contributed by atoms with van der Waals surface area (Å²) in [4.78, 5) is 32.9. The normalized spacial score (nSPS) is 16.7. The monoisotopic (exact) mass is 339 g/mol. The number of carbonyl (C=O) groups excluding carboxylic acids is 1. The Hall–Kier alpha value is -3.23. The van der Waals surface area contributed by atoms with Crippen LogP contribution in [0.1, 0.15) is 29.4 Å². The molecule has 1 N–H and O–H groups in total. The Balaban J connectivity index is 1.65. The van der Waals surface area contributed by atoms with Crippen molar-refractivity contribution in [1.82, 2.24) is 34.4 Å². The topological polar surface area (TPSA) is 102 Å². The molecule has 0 saturated heterocycles. The number of rotatable bonds is 2. The van der Waals surface area contributed by atoms with Crippen molar-refractivity contribution in [1.29, 1.82) is 0 Å². The van der Waals surface area contributed by atoms with Gasteiger partial charge in [-0.15, -0.1) is 5.10 Å². The van der Waals surface area contributed by atoms with Crippen LogP contribution < -0.4 is 5.69 Å². The number of H-pyrrole nitrogens is 1. The first-order chi connectivity index (χ1) is 12.0. The van der Waals surface area contributed by atoms with E-state index >= 15 is 0 Å². The van der Waals surface area contributed by atoms with Gasteiger partial charge in [0.1, 0.15) is 5.82 Å². The highest BCUT2D eigenvalue weighted by Gasteiger charge is 2.32. The van der Waals surface area contributed by atoms with E-state index in [1.807, 2.05) is 41.9 Å². The van der Waals surface area contributed by atoms with Crippen LogP contribution in [-0.4, -0.2) is 46.9 Å². The summed E-state index contributed by atoms with van der Waals surface area (Å²) in [7, 11) is 1.50. The molecule has 1 aliphatic heterocycles. The van der Waals surface area contributed by atoms with Crippen molar-refractivity contribution in [2.75, 3.05) is 6.54 Å². The van der Waals surface area contributed by atoms with E-state index in [0.29, 0.717) is 18.9 Å². The van der Waals surface area contributed by atoms with Crippen LogP contribution in [0, 0.1) is 0 Å². The predicted molar refractivity (Wildman–Crippen MR) is 88.7 cm³/mol. The van der Waals surface area contributed by atoms with Gasteiger partial charge in [-0.3, -0.25) is 9.78 Å². The second-order valence-corrected chi connectivity index (χ2v) is 5.96. The van der Waals surface area contributed by atoms with Gasteiger partial charge in [0.2, 0.25) is 5.82 Å². The van der Waals surface area contributed by atoms with Gasteiger partial charge in [0, 0.05) is 19.2 Å². The fourth-order valence-corrected chi connectivity index (χ4v) is 2.99. The molecule has 4 rings (SSSR count). The van der Waals surface area contributed by atoms with E-state index in [-0.39, 0.29) is 17.8 Å². The maximum absolute atomic E-state index is 12.7. The smallest absolute Gasteiger partial charge is 0.324 e. The highest BCUT2D eigenvalue weighted by atomic mass is 16.2. The van der Waals surface area contributed by atoms with E-state index in [1.165, 1.54) is 7.05 Å². The number of nitrogens with zero attached hydrogens (tertiary/aromatic N) is 6. The lowest BCUT2D eigenvalue weighted by Gasteiger charge is -2.32. The average Bonchev–Trinajstić information content (AvgIpc) is 3.20. The maximum Gasteiger partial charge on any atom is 0.343 e. The van der Waals surface area contributed by atoms with Crippen LogP contribution in [0.15, 0.2) is 35.1 Å². The van der Waals surface area contributed by atoms with Gasteiger partial charge >= 0.3 is 5.69 Å². The number of aromatic nitrogens is 6. The molecular weight excluding hydrogens is 322 g/mol. The standard InChI is InChI=1S/C16H17N7O2/c1-10-14-17-12(11-6-4-3-5-7-11)20-23(14)9-8-22(10)15(24)13-18-16(25)21(2)19-13/h3-7,10H,8-9H2,1-2H3,(H,18,19,25)/t10-/m0/s1. The summed E-state index contributed by atoms with van der Waals surface area (Å²) >= 11 is 0. The first-order valence-electron chi connectivity index (χ1n) is 7.99. The molecule has 9 heteroatoms. The van der Waals surface area contributed by atoms with Crippen LogP contribution in [0.5, 0.6) is 0 Å². The number of amides is 1. The third kappa shape index (κ3) is 2.53. The molecule has 0 unspecified atom stereocenters. The number of aromatic amines is 1. The molecule has 9 nitrogen and oxygen atoms in total. The molecule has 1 atom stereocenters. The van der Waals surface area contributed by atoms with Crippen LogP contribution in [0.4, 0.5) is 0 Å². The zero-order valence-corrected chi connectivity index (χ0v) is 13.9. The van der Waals surface area contributed by atoms with E-state index in [9.17, 15) is 9.59 Å². The van der Waals surface area contributed by atoms with Crippen molar-refractivity contribution in [3.63, 3.8) is 0 Å². The number of hydrogen-bond acceptors (Lipinski definition) is 5. The van der Waals surface area contributed by atoms with Crippen molar-refractivity contribution in [2.24, 2.45) is 7.05 Å². The molecule has 25 heavy (non-hydrogen) atoms. The minimum absolute atomic E-state index is 0.0376. The molecule has 0 spiro atoms. The molecule has 1 aliphatic rings. The summed E-state index contributed by atoms with van der Waals surface area (Å²) in [6.07, 6.45) is 0. The zero-order valence-electron chi connectivity index (χ0n) is 13.9. The number of hydrogen-bond donors (Lipinski definition) is 1. The summed E-state index contributed by atoms with van der Waals surface area (Å²) in [6.45, 7) is 2.92. The van der Waals surface area contributed by atoms with E-state index in [1.54, 1.807) is 4.90 Å². The first-order valence-corrected chi connectivity index (χ1v) is 7.99. The van der Waals surface area contributed by atoms with Gasteiger partial charge in [-0.25, -0.2) is 19.1 Å². The van der Waals surface area contributed by atoms with Gasteiger partial charge in [-0.2, -0.15) is 5.10 Å². The van der Waals surface area contributed by atoms with Crippen LogP contribution in [0.2, 0.25) is 0 Å². The van der Waals surface area contributed by atoms with E-state index < -0.39 is 5.69 Å². The molecule has 2 aromatic heterocycles. The fourth-order valence-electron chi connectivity index (χ4n) is 2.99. The maximum atomic E-state index is 12.7. The van der Waals surface area contributed by atoms with Crippen LogP contribution in [-0.2, 0) is 13.6 Å². The molecule has 0 bridgehead atoms. The average molecular weight is 339 g/mol. The number of nitrogens with one attached hydrogen (secondary N) is 1. The third-order valence-corrected chi connectivity index (χ3v) is 4.36. The van der Waals surface area contributed by atoms with E-state index in [2.05, 4.69) is 20.2 Å². The van der Waals surface area contributed by atoms with Crippen molar-refractivity contribution < 1.29 is 4.79 Å². The van der Waals surface area contributed by atoms with Crippen molar-refractivity contribution in [3.8, 4) is 11.4 Å². The second kappa shape index (κ2) is 5.69. The highest BCUT2D eigenvalue weighted by molar-refractivity contribution is 5.90. The molecule has 1 amide bonds. The molecule has 3 aromatic rings. The minimum atomic E-state index is -0.414. The van der Waals surface area contributed by atoms with Gasteiger partial charge in [-0.05, 0) is 6.92 Å². The number of benzene rings is 1. The summed E-state index contributed by atoms with van der Waals surface area (Å²) < 4.78 is 2.94. The predicted octanol–water partition coefficient (Wildman–Crippen LogP) is 0.584. The number of carbonyl (C=O) groups is 1. The van der Waals surface area contributed by atoms with Crippen LogP contribution in [0.25, 0.3) is 11.4 Å². The quantitative estimate of drug-likeness (QED) is 0.736. The lowest BCUT2D eigenvalue weighted by Crippen LogP contribution is -2.42. The molecule has 0 aliphatic carbocycles. The molecule has 128 valence electrons. The fraction of sp³-hybridized carbons (Fsp3) is 0.312. The number of fused-ring (bicyclic) bond motifs is 1. The van der Waals surface area contributed by atoms with Crippen LogP contribution >= 0.6 is 0 Å². The lowest BCUT2D eigenvalue weighted by molar-refractivity contribution is 0.0618. The molecular formula is C16H17N7O2. The molecule has 0 radical (unpaired) electrons. The summed E-state index contributed by atoms with van der Waals surface area (Å²) in [5, 5.41) is 8.49. The Bertz CT molecular complexity index is 986. The van der Waals surface area contributed by atoms with Crippen molar-refractivity contribution in [2.45, 2.75) is 19.5 Å². The Morgan fingerprint density at radius 3 is 2.64 bits per heavy atom. The molecule has 1 aromatic carbocycles. The Morgan fingerprint density at radius 1 is 1.20 bits per heavy atom. The van der Waals surface area contributed by atoms with E-state index in [0.717, 1.165) is 16.1 Å². The summed E-state index contributed by atoms with van der Waals surface area (Å²) in [6, 6.07) is 9.45. The highest BCUT2D eigenvalue weighted by Crippen LogP contribution is 2.26. The number of aryl methyl sites for hydroxylation is 1. The van der Waals surface area contributed by atoms with Gasteiger partial charge in [0.25, 0.3) is 5.91 Å². The summed E-state index contributed by atoms with van der Waals surface area (Å²) in [5.41, 5.74) is 0.520. The lowest BCUT2D eigenvalue weighted by atomic mass is 10.2. The van der Waals surface area contributed by atoms with Crippen molar-refractivity contribution >= 4 is 5.91 Å². The minimum Gasteiger partial charge on any atom is -0.324 e. The van der Waals surface area contributed by atoms with E-state index in [4.69, 9.17) is 0 Å². The van der Waals surface area contributed by atoms with Gasteiger partial charge < -0.3 is 4.90 Å². The largest absolute Gasteiger partial charge is 0.343 e. The SMILES string of the molecule is C[C@H]1c2nc(-c3ccccc3)nn2CCN1C(=O)c1nn(C)c(=O)[nH]1. The first kappa shape index (κ1) is 15.3. The summed E-state index contributed by atoms with van der Waals surface area (Å²) in [5.74, 6) is 1.08. The molecule has 0 saturated carbocycles. The molecule has 0 fully saturated rings.